The van der Waals surface area contributed by atoms with Gasteiger partial charge in [-0.15, -0.1) is 0 Å². The maximum atomic E-state index is 12.2. The lowest BCUT2D eigenvalue weighted by atomic mass is 10.2. The van der Waals surface area contributed by atoms with Crippen LogP contribution in [0.15, 0.2) is 54.4 Å². The summed E-state index contributed by atoms with van der Waals surface area (Å²) < 4.78 is 4.90. The highest BCUT2D eigenvalue weighted by molar-refractivity contribution is 6.06. The van der Waals surface area contributed by atoms with Crippen molar-refractivity contribution in [3.63, 3.8) is 0 Å². The van der Waals surface area contributed by atoms with E-state index in [0.29, 0.717) is 17.1 Å². The number of nitrogens with one attached hydrogen (secondary N) is 2. The summed E-state index contributed by atoms with van der Waals surface area (Å²) in [4.78, 5) is 27.9. The van der Waals surface area contributed by atoms with E-state index in [9.17, 15) is 14.9 Å². The molecule has 0 saturated heterocycles. The van der Waals surface area contributed by atoms with Gasteiger partial charge in [0.15, 0.2) is 0 Å². The predicted octanol–water partition coefficient (Wildman–Crippen LogP) is 3.02. The van der Waals surface area contributed by atoms with Crippen LogP contribution in [0, 0.1) is 18.3 Å². The van der Waals surface area contributed by atoms with Gasteiger partial charge in [-0.2, -0.15) is 5.26 Å². The van der Waals surface area contributed by atoms with Gasteiger partial charge in [0.25, 0.3) is 5.91 Å². The molecule has 0 spiro atoms. The molecule has 1 aromatic carbocycles. The van der Waals surface area contributed by atoms with E-state index in [4.69, 9.17) is 4.74 Å². The third-order valence-electron chi connectivity index (χ3n) is 3.38. The van der Waals surface area contributed by atoms with E-state index >= 15 is 0 Å². The summed E-state index contributed by atoms with van der Waals surface area (Å²) in [6, 6.07) is 11.7. The number of aromatic nitrogens is 1. The van der Waals surface area contributed by atoms with Gasteiger partial charge in [0.2, 0.25) is 0 Å². The lowest BCUT2D eigenvalue weighted by Gasteiger charge is -2.07. The molecule has 0 aliphatic carbocycles. The molecule has 2 aromatic rings. The van der Waals surface area contributed by atoms with Crippen LogP contribution >= 0.6 is 0 Å². The van der Waals surface area contributed by atoms with E-state index in [1.807, 2.05) is 19.1 Å². The van der Waals surface area contributed by atoms with Crippen molar-refractivity contribution in [3.05, 3.63) is 65.5 Å². The van der Waals surface area contributed by atoms with Crippen molar-refractivity contribution < 1.29 is 14.3 Å². The number of anilines is 2. The first-order valence-electron chi connectivity index (χ1n) is 7.92. The minimum Gasteiger partial charge on any atom is -0.462 e. The van der Waals surface area contributed by atoms with Gasteiger partial charge in [-0.25, -0.2) is 9.78 Å². The summed E-state index contributed by atoms with van der Waals surface area (Å²) >= 11 is 0. The lowest BCUT2D eigenvalue weighted by Crippen LogP contribution is -2.15. The SMILES string of the molecule is CCOC(=O)c1ccc(NC(=O)/C(C#N)=C\Nc2ncccc2C)cc1. The van der Waals surface area contributed by atoms with Crippen molar-refractivity contribution in [3.8, 4) is 6.07 Å². The molecule has 0 radical (unpaired) electrons. The summed E-state index contributed by atoms with van der Waals surface area (Å²) in [6.07, 6.45) is 2.91. The van der Waals surface area contributed by atoms with Crippen LogP contribution in [-0.4, -0.2) is 23.5 Å². The summed E-state index contributed by atoms with van der Waals surface area (Å²) in [5.41, 5.74) is 1.62. The predicted molar refractivity (Wildman–Crippen MR) is 97.3 cm³/mol. The molecule has 0 aliphatic heterocycles. The monoisotopic (exact) mass is 350 g/mol. The van der Waals surface area contributed by atoms with E-state index in [1.54, 1.807) is 43.5 Å². The van der Waals surface area contributed by atoms with Crippen molar-refractivity contribution in [1.29, 1.82) is 5.26 Å². The van der Waals surface area contributed by atoms with E-state index < -0.39 is 11.9 Å². The third kappa shape index (κ3) is 4.92. The second-order valence-corrected chi connectivity index (χ2v) is 5.24. The number of ether oxygens (including phenoxy) is 1. The van der Waals surface area contributed by atoms with Crippen LogP contribution in [0.3, 0.4) is 0 Å². The molecule has 7 nitrogen and oxygen atoms in total. The van der Waals surface area contributed by atoms with Gasteiger partial charge in [0, 0.05) is 18.1 Å². The number of hydrogen-bond acceptors (Lipinski definition) is 6. The number of benzene rings is 1. The number of nitriles is 1. The Bertz CT molecular complexity index is 867. The summed E-state index contributed by atoms with van der Waals surface area (Å²) in [5, 5.41) is 14.6. The topological polar surface area (TPSA) is 104 Å². The van der Waals surface area contributed by atoms with Crippen molar-refractivity contribution in [1.82, 2.24) is 4.98 Å². The number of hydrogen-bond donors (Lipinski definition) is 2. The average Bonchev–Trinajstić information content (AvgIpc) is 2.64. The van der Waals surface area contributed by atoms with Crippen LogP contribution in [0.2, 0.25) is 0 Å². The van der Waals surface area contributed by atoms with Crippen LogP contribution in [0.1, 0.15) is 22.8 Å². The Morgan fingerprint density at radius 2 is 2.00 bits per heavy atom. The van der Waals surface area contributed by atoms with Crippen LogP contribution in [0.5, 0.6) is 0 Å². The van der Waals surface area contributed by atoms with Gasteiger partial charge in [-0.05, 0) is 49.7 Å². The summed E-state index contributed by atoms with van der Waals surface area (Å²) in [7, 11) is 0. The Labute approximate surface area is 151 Å². The van der Waals surface area contributed by atoms with Crippen LogP contribution in [0.4, 0.5) is 11.5 Å². The molecule has 0 fully saturated rings. The normalized spacial score (nSPS) is 10.6. The highest BCUT2D eigenvalue weighted by atomic mass is 16.5. The fraction of sp³-hybridized carbons (Fsp3) is 0.158. The van der Waals surface area contributed by atoms with Crippen molar-refractivity contribution in [2.75, 3.05) is 17.2 Å². The number of aryl methyl sites for hydroxylation is 1. The first-order chi connectivity index (χ1) is 12.5. The number of amides is 1. The second-order valence-electron chi connectivity index (χ2n) is 5.24. The van der Waals surface area contributed by atoms with E-state index in [2.05, 4.69) is 15.6 Å². The first kappa shape index (κ1) is 18.7. The van der Waals surface area contributed by atoms with Crippen LogP contribution in [0.25, 0.3) is 0 Å². The molecule has 0 unspecified atom stereocenters. The number of rotatable bonds is 6. The second kappa shape index (κ2) is 8.99. The van der Waals surface area contributed by atoms with Crippen molar-refractivity contribution >= 4 is 23.4 Å². The quantitative estimate of drug-likeness (QED) is 0.471. The summed E-state index contributed by atoms with van der Waals surface area (Å²) in [6.45, 7) is 3.87. The Kier molecular flexibility index (Phi) is 6.46. The fourth-order valence-electron chi connectivity index (χ4n) is 2.03. The molecule has 2 N–H and O–H groups in total. The van der Waals surface area contributed by atoms with Gasteiger partial charge in [0.05, 0.1) is 12.2 Å². The Hall–Kier alpha value is -3.66. The molecular weight excluding hydrogens is 332 g/mol. The number of esters is 1. The maximum absolute atomic E-state index is 12.2. The van der Waals surface area contributed by atoms with Crippen LogP contribution < -0.4 is 10.6 Å². The third-order valence-corrected chi connectivity index (χ3v) is 3.38. The molecule has 2 rings (SSSR count). The summed E-state index contributed by atoms with van der Waals surface area (Å²) in [5.74, 6) is -0.442. The minimum absolute atomic E-state index is 0.107. The molecule has 26 heavy (non-hydrogen) atoms. The smallest absolute Gasteiger partial charge is 0.338 e. The standard InChI is InChI=1S/C19H18N4O3/c1-3-26-19(25)14-6-8-16(9-7-14)23-18(24)15(11-20)12-22-17-13(2)5-4-10-21-17/h4-10,12H,3H2,1-2H3,(H,21,22)(H,23,24)/b15-12-. The minimum atomic E-state index is -0.572. The van der Waals surface area contributed by atoms with E-state index in [0.717, 1.165) is 5.56 Å². The molecule has 0 atom stereocenters. The highest BCUT2D eigenvalue weighted by Crippen LogP contribution is 2.13. The molecule has 7 heteroatoms. The molecule has 0 bridgehead atoms. The zero-order valence-corrected chi connectivity index (χ0v) is 14.4. The first-order valence-corrected chi connectivity index (χ1v) is 7.92. The molecule has 1 aromatic heterocycles. The molecule has 132 valence electrons. The van der Waals surface area contributed by atoms with Gasteiger partial charge in [-0.3, -0.25) is 4.79 Å². The Balaban J connectivity index is 2.05. The van der Waals surface area contributed by atoms with Crippen LogP contribution in [-0.2, 0) is 9.53 Å². The van der Waals surface area contributed by atoms with Crippen molar-refractivity contribution in [2.45, 2.75) is 13.8 Å². The van der Waals surface area contributed by atoms with Crippen molar-refractivity contribution in [2.24, 2.45) is 0 Å². The molecule has 1 heterocycles. The number of nitrogens with zero attached hydrogens (tertiary/aromatic N) is 2. The van der Waals surface area contributed by atoms with Gasteiger partial charge >= 0.3 is 5.97 Å². The zero-order chi connectivity index (χ0) is 18.9. The molecule has 0 aliphatic rings. The maximum Gasteiger partial charge on any atom is 0.338 e. The Morgan fingerprint density at radius 3 is 2.62 bits per heavy atom. The number of pyridine rings is 1. The number of carbonyl (C=O) groups excluding carboxylic acids is 2. The number of carbonyl (C=O) groups is 2. The van der Waals surface area contributed by atoms with E-state index in [1.165, 1.54) is 6.20 Å². The largest absolute Gasteiger partial charge is 0.462 e. The Morgan fingerprint density at radius 1 is 1.27 bits per heavy atom. The molecule has 0 saturated carbocycles. The molecule has 1 amide bonds. The van der Waals surface area contributed by atoms with E-state index in [-0.39, 0.29) is 12.2 Å². The average molecular weight is 350 g/mol. The molecular formula is C19H18N4O3. The van der Waals surface area contributed by atoms with Gasteiger partial charge < -0.3 is 15.4 Å². The lowest BCUT2D eigenvalue weighted by molar-refractivity contribution is -0.112. The zero-order valence-electron chi connectivity index (χ0n) is 14.4. The fourth-order valence-corrected chi connectivity index (χ4v) is 2.03. The highest BCUT2D eigenvalue weighted by Gasteiger charge is 2.11. The van der Waals surface area contributed by atoms with Gasteiger partial charge in [-0.1, -0.05) is 6.07 Å². The van der Waals surface area contributed by atoms with Gasteiger partial charge in [0.1, 0.15) is 17.5 Å².